The van der Waals surface area contributed by atoms with Crippen LogP contribution in [-0.2, 0) is 14.3 Å². The van der Waals surface area contributed by atoms with Gasteiger partial charge in [0.05, 0.1) is 18.7 Å². The van der Waals surface area contributed by atoms with Gasteiger partial charge in [0.1, 0.15) is 5.75 Å². The fourth-order valence-corrected chi connectivity index (χ4v) is 2.19. The minimum absolute atomic E-state index is 0.0812. The molecular weight excluding hydrogens is 260 g/mol. The first-order valence-corrected chi connectivity index (χ1v) is 6.44. The van der Waals surface area contributed by atoms with Crippen molar-refractivity contribution in [3.05, 3.63) is 24.3 Å². The molecule has 108 valence electrons. The van der Waals surface area contributed by atoms with Gasteiger partial charge in [-0.3, -0.25) is 9.59 Å². The highest BCUT2D eigenvalue weighted by Crippen LogP contribution is 2.21. The number of ether oxygens (including phenoxy) is 2. The molecule has 1 atom stereocenters. The average Bonchev–Trinajstić information content (AvgIpc) is 2.95. The monoisotopic (exact) mass is 278 g/mol. The van der Waals surface area contributed by atoms with E-state index in [2.05, 4.69) is 4.74 Å². The number of carbonyl (C=O) groups is 2. The Morgan fingerprint density at radius 1 is 1.40 bits per heavy atom. The number of para-hydroxylation sites is 2. The number of benzene rings is 1. The summed E-state index contributed by atoms with van der Waals surface area (Å²) in [6.45, 7) is 0.855. The van der Waals surface area contributed by atoms with Crippen molar-refractivity contribution in [2.24, 2.45) is 5.92 Å². The lowest BCUT2D eigenvalue weighted by atomic mass is 10.1. The van der Waals surface area contributed by atoms with Gasteiger partial charge in [0.15, 0.2) is 6.61 Å². The third-order valence-corrected chi connectivity index (χ3v) is 3.35. The van der Waals surface area contributed by atoms with Gasteiger partial charge in [0.2, 0.25) is 0 Å². The van der Waals surface area contributed by atoms with E-state index in [0.717, 1.165) is 0 Å². The van der Waals surface area contributed by atoms with Crippen molar-refractivity contribution in [2.45, 2.75) is 6.42 Å². The predicted octanol–water partition coefficient (Wildman–Crippen LogP) is 0.669. The summed E-state index contributed by atoms with van der Waals surface area (Å²) in [5, 5.41) is 0. The molecule has 1 fully saturated rings. The van der Waals surface area contributed by atoms with Crippen LogP contribution in [-0.4, -0.2) is 43.6 Å². The maximum Gasteiger partial charge on any atom is 0.310 e. The molecule has 1 aromatic rings. The van der Waals surface area contributed by atoms with E-state index in [1.54, 1.807) is 29.2 Å². The Hall–Kier alpha value is -2.24. The van der Waals surface area contributed by atoms with E-state index in [1.807, 2.05) is 0 Å². The van der Waals surface area contributed by atoms with Crippen LogP contribution in [0.2, 0.25) is 0 Å². The number of hydrogen-bond acceptors (Lipinski definition) is 5. The topological polar surface area (TPSA) is 81.9 Å². The Bertz CT molecular complexity index is 504. The Kier molecular flexibility index (Phi) is 4.45. The number of nitrogens with zero attached hydrogens (tertiary/aromatic N) is 1. The highest BCUT2D eigenvalue weighted by atomic mass is 16.5. The molecule has 0 saturated carbocycles. The van der Waals surface area contributed by atoms with Crippen LogP contribution in [0, 0.1) is 5.92 Å². The first kappa shape index (κ1) is 14.2. The van der Waals surface area contributed by atoms with Crippen LogP contribution in [0.5, 0.6) is 5.75 Å². The second-order valence-electron chi connectivity index (χ2n) is 4.68. The molecule has 1 aliphatic rings. The third kappa shape index (κ3) is 3.20. The van der Waals surface area contributed by atoms with E-state index in [0.29, 0.717) is 30.9 Å². The molecule has 2 rings (SSSR count). The molecule has 0 aliphatic carbocycles. The van der Waals surface area contributed by atoms with Crippen molar-refractivity contribution < 1.29 is 19.1 Å². The van der Waals surface area contributed by atoms with Gasteiger partial charge in [0.25, 0.3) is 5.91 Å². The summed E-state index contributed by atoms with van der Waals surface area (Å²) >= 11 is 0. The quantitative estimate of drug-likeness (QED) is 0.646. The van der Waals surface area contributed by atoms with Crippen molar-refractivity contribution in [2.75, 3.05) is 32.5 Å². The second kappa shape index (κ2) is 6.27. The van der Waals surface area contributed by atoms with E-state index in [4.69, 9.17) is 10.5 Å². The summed E-state index contributed by atoms with van der Waals surface area (Å²) in [5.74, 6) is -0.163. The summed E-state index contributed by atoms with van der Waals surface area (Å²) in [5.41, 5.74) is 6.22. The molecule has 20 heavy (non-hydrogen) atoms. The molecule has 1 aliphatic heterocycles. The average molecular weight is 278 g/mol. The largest absolute Gasteiger partial charge is 0.482 e. The zero-order chi connectivity index (χ0) is 14.5. The van der Waals surface area contributed by atoms with Gasteiger partial charge in [-0.25, -0.2) is 0 Å². The number of amides is 1. The van der Waals surface area contributed by atoms with Crippen molar-refractivity contribution in [1.29, 1.82) is 0 Å². The summed E-state index contributed by atoms with van der Waals surface area (Å²) in [4.78, 5) is 25.0. The molecule has 0 aromatic heterocycles. The van der Waals surface area contributed by atoms with E-state index in [1.165, 1.54) is 7.11 Å². The lowest BCUT2D eigenvalue weighted by Crippen LogP contribution is -2.34. The number of rotatable bonds is 4. The Morgan fingerprint density at radius 3 is 2.85 bits per heavy atom. The van der Waals surface area contributed by atoms with Crippen LogP contribution in [0.25, 0.3) is 0 Å². The van der Waals surface area contributed by atoms with Gasteiger partial charge >= 0.3 is 5.97 Å². The van der Waals surface area contributed by atoms with E-state index in [9.17, 15) is 9.59 Å². The molecule has 1 saturated heterocycles. The van der Waals surface area contributed by atoms with Crippen LogP contribution in [0.1, 0.15) is 6.42 Å². The van der Waals surface area contributed by atoms with E-state index >= 15 is 0 Å². The number of nitrogen functional groups attached to an aromatic ring is 1. The van der Waals surface area contributed by atoms with Crippen molar-refractivity contribution in [1.82, 2.24) is 4.90 Å². The first-order chi connectivity index (χ1) is 9.61. The minimum Gasteiger partial charge on any atom is -0.482 e. The van der Waals surface area contributed by atoms with Gasteiger partial charge in [-0.1, -0.05) is 12.1 Å². The summed E-state index contributed by atoms with van der Waals surface area (Å²) < 4.78 is 10.1. The number of esters is 1. The molecule has 6 nitrogen and oxygen atoms in total. The van der Waals surface area contributed by atoms with Crippen molar-refractivity contribution >= 4 is 17.6 Å². The Balaban J connectivity index is 1.85. The molecule has 2 N–H and O–H groups in total. The fourth-order valence-electron chi connectivity index (χ4n) is 2.19. The van der Waals surface area contributed by atoms with Crippen LogP contribution < -0.4 is 10.5 Å². The highest BCUT2D eigenvalue weighted by Gasteiger charge is 2.31. The maximum atomic E-state index is 12.0. The predicted molar refractivity (Wildman–Crippen MR) is 73.1 cm³/mol. The number of methoxy groups -OCH3 is 1. The number of hydrogen-bond donors (Lipinski definition) is 1. The lowest BCUT2D eigenvalue weighted by Gasteiger charge is -2.16. The zero-order valence-electron chi connectivity index (χ0n) is 11.4. The SMILES string of the molecule is COC(=O)C1CCN(C(=O)COc2ccccc2N)C1. The second-order valence-corrected chi connectivity index (χ2v) is 4.68. The fraction of sp³-hybridized carbons (Fsp3) is 0.429. The van der Waals surface area contributed by atoms with Gasteiger partial charge in [-0.2, -0.15) is 0 Å². The molecule has 1 amide bonds. The van der Waals surface area contributed by atoms with Gasteiger partial charge in [0, 0.05) is 13.1 Å². The zero-order valence-corrected chi connectivity index (χ0v) is 11.4. The Morgan fingerprint density at radius 2 is 2.15 bits per heavy atom. The standard InChI is InChI=1S/C14H18N2O4/c1-19-14(18)10-6-7-16(8-10)13(17)9-20-12-5-3-2-4-11(12)15/h2-5,10H,6-9,15H2,1H3. The molecule has 1 aromatic carbocycles. The number of carbonyl (C=O) groups excluding carboxylic acids is 2. The number of nitrogens with two attached hydrogens (primary N) is 1. The summed E-state index contributed by atoms with van der Waals surface area (Å²) in [6.07, 6.45) is 0.631. The first-order valence-electron chi connectivity index (χ1n) is 6.44. The summed E-state index contributed by atoms with van der Waals surface area (Å²) in [7, 11) is 1.36. The molecular formula is C14H18N2O4. The number of likely N-dealkylation sites (tertiary alicyclic amines) is 1. The van der Waals surface area contributed by atoms with E-state index in [-0.39, 0.29) is 24.4 Å². The van der Waals surface area contributed by atoms with Crippen LogP contribution in [0.15, 0.2) is 24.3 Å². The normalized spacial score (nSPS) is 17.9. The van der Waals surface area contributed by atoms with Crippen molar-refractivity contribution in [3.8, 4) is 5.75 Å². The molecule has 1 heterocycles. The van der Waals surface area contributed by atoms with Crippen LogP contribution in [0.4, 0.5) is 5.69 Å². The molecule has 0 bridgehead atoms. The van der Waals surface area contributed by atoms with Crippen LogP contribution in [0.3, 0.4) is 0 Å². The molecule has 1 unspecified atom stereocenters. The van der Waals surface area contributed by atoms with Crippen molar-refractivity contribution in [3.63, 3.8) is 0 Å². The minimum atomic E-state index is -0.270. The van der Waals surface area contributed by atoms with Gasteiger partial charge in [-0.05, 0) is 18.6 Å². The lowest BCUT2D eigenvalue weighted by molar-refractivity contribution is -0.145. The van der Waals surface area contributed by atoms with Crippen LogP contribution >= 0.6 is 0 Å². The number of anilines is 1. The molecule has 6 heteroatoms. The van der Waals surface area contributed by atoms with Gasteiger partial charge < -0.3 is 20.1 Å². The Labute approximate surface area is 117 Å². The van der Waals surface area contributed by atoms with E-state index < -0.39 is 0 Å². The third-order valence-electron chi connectivity index (χ3n) is 3.35. The maximum absolute atomic E-state index is 12.0. The van der Waals surface area contributed by atoms with Gasteiger partial charge in [-0.15, -0.1) is 0 Å². The molecule has 0 radical (unpaired) electrons. The summed E-state index contributed by atoms with van der Waals surface area (Å²) in [6, 6.07) is 7.01. The molecule has 0 spiro atoms. The highest BCUT2D eigenvalue weighted by molar-refractivity contribution is 5.80. The smallest absolute Gasteiger partial charge is 0.310 e.